The second-order valence-corrected chi connectivity index (χ2v) is 4.59. The number of nitrogen functional groups attached to an aromatic ring is 1. The molecule has 8 nitrogen and oxygen atoms in total. The van der Waals surface area contributed by atoms with Gasteiger partial charge in [-0.3, -0.25) is 4.57 Å². The number of hydrogen-bond acceptors (Lipinski definition) is 7. The Morgan fingerprint density at radius 2 is 2.35 bits per heavy atom. The van der Waals surface area contributed by atoms with Crippen molar-refractivity contribution in [3.63, 3.8) is 0 Å². The van der Waals surface area contributed by atoms with Crippen molar-refractivity contribution in [2.24, 2.45) is 5.73 Å². The van der Waals surface area contributed by atoms with E-state index in [1.807, 2.05) is 0 Å². The van der Waals surface area contributed by atoms with E-state index in [1.54, 1.807) is 12.3 Å². The van der Waals surface area contributed by atoms with E-state index in [4.69, 9.17) is 21.3 Å². The second kappa shape index (κ2) is 6.04. The summed E-state index contributed by atoms with van der Waals surface area (Å²) in [6.07, 6.45) is 3.08. The first-order valence-corrected chi connectivity index (χ1v) is 6.25. The van der Waals surface area contributed by atoms with Crippen LogP contribution in [0.25, 0.3) is 0 Å². The van der Waals surface area contributed by atoms with Crippen LogP contribution in [0.15, 0.2) is 23.3 Å². The van der Waals surface area contributed by atoms with Gasteiger partial charge in [0.2, 0.25) is 0 Å². The smallest absolute Gasteiger partial charge is 0.351 e. The summed E-state index contributed by atoms with van der Waals surface area (Å²) in [6.45, 7) is -0.308. The second-order valence-electron chi connectivity index (χ2n) is 4.59. The number of aromatic nitrogens is 2. The van der Waals surface area contributed by atoms with Crippen LogP contribution in [0, 0.1) is 0 Å². The molecule has 8 heteroatoms. The summed E-state index contributed by atoms with van der Waals surface area (Å²) in [4.78, 5) is 15.6. The summed E-state index contributed by atoms with van der Waals surface area (Å²) in [5.74, 6) is 0.140. The van der Waals surface area contributed by atoms with Crippen LogP contribution in [0.4, 0.5) is 5.82 Å². The van der Waals surface area contributed by atoms with Gasteiger partial charge in [0.05, 0.1) is 12.7 Å². The van der Waals surface area contributed by atoms with Gasteiger partial charge in [-0.1, -0.05) is 6.08 Å². The van der Waals surface area contributed by atoms with Crippen LogP contribution in [-0.2, 0) is 11.2 Å². The molecule has 2 heterocycles. The minimum absolute atomic E-state index is 0.140. The third-order valence-electron chi connectivity index (χ3n) is 3.23. The van der Waals surface area contributed by atoms with E-state index in [0.29, 0.717) is 12.0 Å². The third-order valence-corrected chi connectivity index (χ3v) is 3.23. The van der Waals surface area contributed by atoms with Gasteiger partial charge in [0.1, 0.15) is 18.1 Å². The maximum atomic E-state index is 11.9. The van der Waals surface area contributed by atoms with Crippen molar-refractivity contribution in [1.82, 2.24) is 9.55 Å². The minimum atomic E-state index is -0.818. The van der Waals surface area contributed by atoms with Crippen LogP contribution in [0.5, 0.6) is 0 Å². The lowest BCUT2D eigenvalue weighted by Crippen LogP contribution is -2.29. The molecule has 1 aliphatic rings. The molecule has 2 rings (SSSR count). The van der Waals surface area contributed by atoms with Gasteiger partial charge in [0.15, 0.2) is 0 Å². The molecule has 0 unspecified atom stereocenters. The van der Waals surface area contributed by atoms with E-state index in [1.165, 1.54) is 10.8 Å². The number of hydrogen-bond donors (Lipinski definition) is 4. The largest absolute Gasteiger partial charge is 0.405 e. The Labute approximate surface area is 115 Å². The number of nitrogens with zero attached hydrogens (tertiary/aromatic N) is 2. The van der Waals surface area contributed by atoms with Crippen LogP contribution >= 0.6 is 0 Å². The predicted molar refractivity (Wildman–Crippen MR) is 71.6 cm³/mol. The summed E-state index contributed by atoms with van der Waals surface area (Å²) in [5.41, 5.74) is 11.0. The molecule has 1 saturated heterocycles. The molecule has 0 saturated carbocycles. The van der Waals surface area contributed by atoms with E-state index < -0.39 is 24.1 Å². The van der Waals surface area contributed by atoms with Crippen molar-refractivity contribution in [2.75, 3.05) is 12.3 Å². The maximum absolute atomic E-state index is 11.9. The zero-order valence-corrected chi connectivity index (χ0v) is 10.8. The lowest BCUT2D eigenvalue weighted by Gasteiger charge is -2.15. The number of allylic oxidation sites excluding steroid dienone is 1. The zero-order valence-electron chi connectivity index (χ0n) is 10.8. The summed E-state index contributed by atoms with van der Waals surface area (Å²) < 4.78 is 6.70. The first-order valence-electron chi connectivity index (χ1n) is 6.25. The number of rotatable bonds is 4. The Balaban J connectivity index is 2.30. The standard InChI is InChI=1S/C12H18N4O4/c13-3-1-2-7-5-16(12(19)15-11(7)14)10-4-8(18)9(6-17)20-10/h1,3,5,8-10,17-18H,2,4,6,13H2,(H2,14,15,19)/b3-1+/t8-,9+,10+/m0/s1. The van der Waals surface area contributed by atoms with Crippen molar-refractivity contribution in [3.8, 4) is 0 Å². The van der Waals surface area contributed by atoms with E-state index in [2.05, 4.69) is 4.98 Å². The highest BCUT2D eigenvalue weighted by Crippen LogP contribution is 2.27. The van der Waals surface area contributed by atoms with E-state index in [0.717, 1.165) is 0 Å². The molecule has 1 aromatic rings. The van der Waals surface area contributed by atoms with E-state index >= 15 is 0 Å². The topological polar surface area (TPSA) is 137 Å². The van der Waals surface area contributed by atoms with Crippen LogP contribution in [-0.4, -0.2) is 38.6 Å². The molecule has 0 bridgehead atoms. The Morgan fingerprint density at radius 1 is 1.60 bits per heavy atom. The highest BCUT2D eigenvalue weighted by atomic mass is 16.5. The number of aliphatic hydroxyl groups excluding tert-OH is 2. The molecule has 110 valence electrons. The Kier molecular flexibility index (Phi) is 4.38. The number of ether oxygens (including phenoxy) is 1. The van der Waals surface area contributed by atoms with Gasteiger partial charge in [0, 0.05) is 18.2 Å². The van der Waals surface area contributed by atoms with Crippen LogP contribution in [0.2, 0.25) is 0 Å². The normalized spacial score (nSPS) is 26.4. The van der Waals surface area contributed by atoms with Crippen LogP contribution < -0.4 is 17.2 Å². The summed E-state index contributed by atoms with van der Waals surface area (Å²) in [5, 5.41) is 18.8. The van der Waals surface area contributed by atoms with Gasteiger partial charge < -0.3 is 26.4 Å². The highest BCUT2D eigenvalue weighted by Gasteiger charge is 2.35. The fourth-order valence-corrected chi connectivity index (χ4v) is 2.13. The van der Waals surface area contributed by atoms with Crippen LogP contribution in [0.3, 0.4) is 0 Å². The first-order chi connectivity index (χ1) is 9.56. The van der Waals surface area contributed by atoms with E-state index in [9.17, 15) is 9.90 Å². The van der Waals surface area contributed by atoms with Crippen LogP contribution in [0.1, 0.15) is 18.2 Å². The van der Waals surface area contributed by atoms with Gasteiger partial charge in [-0.2, -0.15) is 4.98 Å². The molecular weight excluding hydrogens is 264 g/mol. The Bertz CT molecular complexity index is 557. The Morgan fingerprint density at radius 3 is 2.95 bits per heavy atom. The molecule has 20 heavy (non-hydrogen) atoms. The third kappa shape index (κ3) is 2.82. The molecule has 1 fully saturated rings. The molecule has 3 atom stereocenters. The van der Waals surface area contributed by atoms with Gasteiger partial charge in [0.25, 0.3) is 0 Å². The monoisotopic (exact) mass is 282 g/mol. The predicted octanol–water partition coefficient (Wildman–Crippen LogP) is -1.52. The molecule has 1 aliphatic heterocycles. The molecule has 1 aromatic heterocycles. The van der Waals surface area contributed by atoms with E-state index in [-0.39, 0.29) is 18.8 Å². The van der Waals surface area contributed by atoms with Gasteiger partial charge >= 0.3 is 5.69 Å². The van der Waals surface area contributed by atoms with Crippen molar-refractivity contribution in [1.29, 1.82) is 0 Å². The molecule has 0 amide bonds. The summed E-state index contributed by atoms with van der Waals surface area (Å²) in [6, 6.07) is 0. The quantitative estimate of drug-likeness (QED) is 0.526. The molecule has 0 aliphatic carbocycles. The Hall–Kier alpha value is -1.90. The van der Waals surface area contributed by atoms with Gasteiger partial charge in [-0.15, -0.1) is 0 Å². The average molecular weight is 282 g/mol. The number of aliphatic hydroxyl groups is 2. The summed E-state index contributed by atoms with van der Waals surface area (Å²) >= 11 is 0. The lowest BCUT2D eigenvalue weighted by molar-refractivity contribution is -0.0459. The van der Waals surface area contributed by atoms with Gasteiger partial charge in [-0.05, 0) is 12.6 Å². The van der Waals surface area contributed by atoms with Crippen molar-refractivity contribution in [3.05, 3.63) is 34.5 Å². The number of anilines is 1. The molecule has 0 spiro atoms. The van der Waals surface area contributed by atoms with Crippen molar-refractivity contribution < 1.29 is 14.9 Å². The molecular formula is C12H18N4O4. The fraction of sp³-hybridized carbons (Fsp3) is 0.500. The first kappa shape index (κ1) is 14.5. The van der Waals surface area contributed by atoms with Crippen molar-refractivity contribution in [2.45, 2.75) is 31.3 Å². The van der Waals surface area contributed by atoms with Gasteiger partial charge in [-0.25, -0.2) is 4.79 Å². The SMILES string of the molecule is N/C=C/Cc1cn([C@H]2C[C@H](O)[C@@H](CO)O2)c(=O)nc1N. The highest BCUT2D eigenvalue weighted by molar-refractivity contribution is 5.38. The fourth-order valence-electron chi connectivity index (χ4n) is 2.13. The molecule has 6 N–H and O–H groups in total. The zero-order chi connectivity index (χ0) is 14.7. The van der Waals surface area contributed by atoms with Crippen molar-refractivity contribution >= 4 is 5.82 Å². The molecule has 0 radical (unpaired) electrons. The minimum Gasteiger partial charge on any atom is -0.405 e. The molecule has 0 aromatic carbocycles. The maximum Gasteiger partial charge on any atom is 0.351 e. The lowest BCUT2D eigenvalue weighted by atomic mass is 10.2. The summed E-state index contributed by atoms with van der Waals surface area (Å²) in [7, 11) is 0. The average Bonchev–Trinajstić information content (AvgIpc) is 2.79. The number of nitrogens with two attached hydrogens (primary N) is 2.